The van der Waals surface area contributed by atoms with Gasteiger partial charge < -0.3 is 0 Å². The Bertz CT molecular complexity index is 625. The fraction of sp³-hybridized carbons (Fsp3) is 0.0714. The van der Waals surface area contributed by atoms with Gasteiger partial charge in [-0.05, 0) is 37.3 Å². The topological polar surface area (TPSA) is 17.1 Å². The minimum Gasteiger partial charge on any atom is -0.288 e. The highest BCUT2D eigenvalue weighted by Gasteiger charge is 2.16. The highest BCUT2D eigenvalue weighted by Crippen LogP contribution is 2.25. The molecule has 4 heteroatoms. The zero-order valence-corrected chi connectivity index (χ0v) is 11.8. The third kappa shape index (κ3) is 2.62. The fourth-order valence-electron chi connectivity index (χ4n) is 1.63. The van der Waals surface area contributed by atoms with Gasteiger partial charge in [0.2, 0.25) is 0 Å². The van der Waals surface area contributed by atoms with Crippen molar-refractivity contribution in [1.29, 1.82) is 0 Å². The van der Waals surface area contributed by atoms with Gasteiger partial charge in [-0.3, -0.25) is 4.79 Å². The first-order valence-corrected chi connectivity index (χ1v) is 6.42. The van der Waals surface area contributed by atoms with Crippen LogP contribution in [0.3, 0.4) is 0 Å². The molecule has 2 aromatic carbocycles. The Morgan fingerprint density at radius 3 is 2.56 bits per heavy atom. The molecular formula is C14H9BrClFO. The standard InChI is InChI=1S/C14H9BrClFO/c1-8-2-5-13(17)11(6-8)14(18)10-4-3-9(15)7-12(10)16/h2-7H,1H3. The summed E-state index contributed by atoms with van der Waals surface area (Å²) >= 11 is 9.25. The molecule has 0 aromatic heterocycles. The summed E-state index contributed by atoms with van der Waals surface area (Å²) in [6.07, 6.45) is 0. The molecule has 1 nitrogen and oxygen atoms in total. The van der Waals surface area contributed by atoms with E-state index in [1.54, 1.807) is 31.2 Å². The number of rotatable bonds is 2. The van der Waals surface area contributed by atoms with Crippen molar-refractivity contribution in [2.24, 2.45) is 0 Å². The first-order chi connectivity index (χ1) is 8.49. The molecule has 0 aliphatic carbocycles. The molecule has 0 atom stereocenters. The van der Waals surface area contributed by atoms with Gasteiger partial charge in [0, 0.05) is 10.0 Å². The summed E-state index contributed by atoms with van der Waals surface area (Å²) in [7, 11) is 0. The van der Waals surface area contributed by atoms with Crippen molar-refractivity contribution in [3.63, 3.8) is 0 Å². The van der Waals surface area contributed by atoms with Crippen LogP contribution < -0.4 is 0 Å². The van der Waals surface area contributed by atoms with Gasteiger partial charge in [0.1, 0.15) is 5.82 Å². The van der Waals surface area contributed by atoms with Gasteiger partial charge >= 0.3 is 0 Å². The maximum atomic E-state index is 13.6. The van der Waals surface area contributed by atoms with Crippen LogP contribution in [0.4, 0.5) is 4.39 Å². The molecule has 0 aliphatic rings. The molecule has 0 aliphatic heterocycles. The van der Waals surface area contributed by atoms with Gasteiger partial charge in [-0.15, -0.1) is 0 Å². The molecule has 0 radical (unpaired) electrons. The van der Waals surface area contributed by atoms with Crippen LogP contribution in [0, 0.1) is 12.7 Å². The van der Waals surface area contributed by atoms with Gasteiger partial charge in [-0.2, -0.15) is 0 Å². The van der Waals surface area contributed by atoms with E-state index in [0.29, 0.717) is 10.6 Å². The summed E-state index contributed by atoms with van der Waals surface area (Å²) in [6.45, 7) is 1.80. The Kier molecular flexibility index (Phi) is 3.83. The molecule has 0 amide bonds. The number of hydrogen-bond donors (Lipinski definition) is 0. The quantitative estimate of drug-likeness (QED) is 0.725. The molecule has 18 heavy (non-hydrogen) atoms. The Hall–Kier alpha value is -1.19. The number of halogens is 3. The van der Waals surface area contributed by atoms with E-state index in [-0.39, 0.29) is 5.56 Å². The molecule has 0 spiro atoms. The molecule has 0 saturated carbocycles. The maximum absolute atomic E-state index is 13.6. The van der Waals surface area contributed by atoms with Crippen LogP contribution in [0.2, 0.25) is 5.02 Å². The molecule has 2 rings (SSSR count). The zero-order valence-electron chi connectivity index (χ0n) is 9.51. The van der Waals surface area contributed by atoms with E-state index in [1.165, 1.54) is 12.1 Å². The van der Waals surface area contributed by atoms with Crippen LogP contribution in [0.25, 0.3) is 0 Å². The van der Waals surface area contributed by atoms with Gasteiger partial charge in [-0.1, -0.05) is 39.2 Å². The molecule has 0 unspecified atom stereocenters. The van der Waals surface area contributed by atoms with Crippen LogP contribution >= 0.6 is 27.5 Å². The van der Waals surface area contributed by atoms with Crippen LogP contribution in [0.1, 0.15) is 21.5 Å². The second-order valence-electron chi connectivity index (χ2n) is 3.94. The second kappa shape index (κ2) is 5.21. The predicted octanol–water partition coefficient (Wildman–Crippen LogP) is 4.78. The Labute approximate surface area is 118 Å². The van der Waals surface area contributed by atoms with Crippen molar-refractivity contribution < 1.29 is 9.18 Å². The van der Waals surface area contributed by atoms with Gasteiger partial charge in [0.05, 0.1) is 10.6 Å². The number of ketones is 1. The highest BCUT2D eigenvalue weighted by molar-refractivity contribution is 9.10. The first kappa shape index (κ1) is 13.2. The molecular weight excluding hydrogens is 319 g/mol. The summed E-state index contributed by atoms with van der Waals surface area (Å²) in [4.78, 5) is 12.2. The lowest BCUT2D eigenvalue weighted by Crippen LogP contribution is -2.05. The van der Waals surface area contributed by atoms with Crippen LogP contribution in [0.15, 0.2) is 40.9 Å². The molecule has 0 heterocycles. The van der Waals surface area contributed by atoms with E-state index in [4.69, 9.17) is 11.6 Å². The van der Waals surface area contributed by atoms with Crippen molar-refractivity contribution in [3.05, 3.63) is 68.4 Å². The molecule has 92 valence electrons. The summed E-state index contributed by atoms with van der Waals surface area (Å²) < 4.78 is 14.4. The van der Waals surface area contributed by atoms with Crippen molar-refractivity contribution >= 4 is 33.3 Å². The summed E-state index contributed by atoms with van der Waals surface area (Å²) in [5.74, 6) is -0.946. The third-order valence-corrected chi connectivity index (χ3v) is 3.35. The lowest BCUT2D eigenvalue weighted by molar-refractivity contribution is 0.103. The first-order valence-electron chi connectivity index (χ1n) is 5.25. The van der Waals surface area contributed by atoms with Crippen molar-refractivity contribution in [3.8, 4) is 0 Å². The molecule has 0 fully saturated rings. The number of hydrogen-bond acceptors (Lipinski definition) is 1. The largest absolute Gasteiger partial charge is 0.288 e. The smallest absolute Gasteiger partial charge is 0.197 e. The van der Waals surface area contributed by atoms with Crippen molar-refractivity contribution in [2.75, 3.05) is 0 Å². The van der Waals surface area contributed by atoms with Crippen LogP contribution in [-0.4, -0.2) is 5.78 Å². The summed E-state index contributed by atoms with van der Waals surface area (Å²) in [5, 5.41) is 0.301. The molecule has 0 saturated heterocycles. The minimum atomic E-state index is -0.537. The predicted molar refractivity (Wildman–Crippen MR) is 73.7 cm³/mol. The second-order valence-corrected chi connectivity index (χ2v) is 5.26. The van der Waals surface area contributed by atoms with Gasteiger partial charge in [-0.25, -0.2) is 4.39 Å². The van der Waals surface area contributed by atoms with Gasteiger partial charge in [0.25, 0.3) is 0 Å². The van der Waals surface area contributed by atoms with Crippen molar-refractivity contribution in [2.45, 2.75) is 6.92 Å². The average Bonchev–Trinajstić information content (AvgIpc) is 2.31. The van der Waals surface area contributed by atoms with E-state index in [0.717, 1.165) is 10.0 Å². The van der Waals surface area contributed by atoms with Gasteiger partial charge in [0.15, 0.2) is 5.78 Å². The summed E-state index contributed by atoms with van der Waals surface area (Å²) in [5.41, 5.74) is 1.16. The number of carbonyl (C=O) groups excluding carboxylic acids is 1. The Balaban J connectivity index is 2.51. The average molecular weight is 328 g/mol. The third-order valence-electron chi connectivity index (χ3n) is 2.54. The lowest BCUT2D eigenvalue weighted by atomic mass is 10.0. The van der Waals surface area contributed by atoms with Crippen LogP contribution in [-0.2, 0) is 0 Å². The van der Waals surface area contributed by atoms with E-state index in [2.05, 4.69) is 15.9 Å². The lowest BCUT2D eigenvalue weighted by Gasteiger charge is -2.06. The zero-order chi connectivity index (χ0) is 13.3. The van der Waals surface area contributed by atoms with Crippen LogP contribution in [0.5, 0.6) is 0 Å². The van der Waals surface area contributed by atoms with E-state index in [1.807, 2.05) is 0 Å². The van der Waals surface area contributed by atoms with E-state index < -0.39 is 11.6 Å². The SMILES string of the molecule is Cc1ccc(F)c(C(=O)c2ccc(Br)cc2Cl)c1. The number of carbonyl (C=O) groups is 1. The Morgan fingerprint density at radius 1 is 1.17 bits per heavy atom. The van der Waals surface area contributed by atoms with E-state index in [9.17, 15) is 9.18 Å². The monoisotopic (exact) mass is 326 g/mol. The minimum absolute atomic E-state index is 0.0409. The number of aryl methyl sites for hydroxylation is 1. The van der Waals surface area contributed by atoms with Crippen molar-refractivity contribution in [1.82, 2.24) is 0 Å². The number of benzene rings is 2. The molecule has 2 aromatic rings. The van der Waals surface area contributed by atoms with E-state index >= 15 is 0 Å². The highest BCUT2D eigenvalue weighted by atomic mass is 79.9. The molecule has 0 bridgehead atoms. The fourth-order valence-corrected chi connectivity index (χ4v) is 2.39. The Morgan fingerprint density at radius 2 is 1.89 bits per heavy atom. The molecule has 0 N–H and O–H groups in total. The normalized spacial score (nSPS) is 10.4. The maximum Gasteiger partial charge on any atom is 0.197 e. The summed E-state index contributed by atoms with van der Waals surface area (Å²) in [6, 6.07) is 9.33.